The molecule has 0 radical (unpaired) electrons. The van der Waals surface area contributed by atoms with Crippen molar-refractivity contribution in [3.63, 3.8) is 0 Å². The summed E-state index contributed by atoms with van der Waals surface area (Å²) in [7, 11) is 0. The van der Waals surface area contributed by atoms with Gasteiger partial charge in [0.1, 0.15) is 0 Å². The van der Waals surface area contributed by atoms with E-state index in [2.05, 4.69) is 13.8 Å². The van der Waals surface area contributed by atoms with Crippen LogP contribution in [0.1, 0.15) is 104 Å². The van der Waals surface area contributed by atoms with Crippen molar-refractivity contribution in [2.24, 2.45) is 5.73 Å². The first-order chi connectivity index (χ1) is 8.77. The molecule has 118 valence electrons. The molecule has 0 bridgehead atoms. The van der Waals surface area contributed by atoms with E-state index in [1.807, 2.05) is 0 Å². The van der Waals surface area contributed by atoms with Gasteiger partial charge >= 0.3 is 0 Å². The molecule has 0 fully saturated rings. The summed E-state index contributed by atoms with van der Waals surface area (Å²) < 4.78 is 0. The molecule has 1 nitrogen and oxygen atoms in total. The predicted molar refractivity (Wildman–Crippen MR) is 94.3 cm³/mol. The topological polar surface area (TPSA) is 26.0 Å². The lowest BCUT2D eigenvalue weighted by Gasteiger charge is -2.04. The maximum atomic E-state index is 5.73. The van der Waals surface area contributed by atoms with Crippen molar-refractivity contribution in [1.82, 2.24) is 0 Å². The van der Waals surface area contributed by atoms with Crippen LogP contribution in [0.2, 0.25) is 0 Å². The summed E-state index contributed by atoms with van der Waals surface area (Å²) in [5.41, 5.74) is 5.73. The van der Waals surface area contributed by atoms with Crippen molar-refractivity contribution in [2.75, 3.05) is 0 Å². The average Bonchev–Trinajstić information content (AvgIpc) is 2.34. The Morgan fingerprint density at radius 3 is 1.26 bits per heavy atom. The van der Waals surface area contributed by atoms with E-state index in [1.165, 1.54) is 89.9 Å². The molecule has 1 unspecified atom stereocenters. The zero-order chi connectivity index (χ0) is 13.5. The molecule has 0 heterocycles. The van der Waals surface area contributed by atoms with E-state index >= 15 is 0 Å². The summed E-state index contributed by atoms with van der Waals surface area (Å²) in [4.78, 5) is 0. The van der Waals surface area contributed by atoms with Crippen molar-refractivity contribution in [3.8, 4) is 0 Å². The molecular formula is C17H38BrN. The molecule has 0 aliphatic rings. The summed E-state index contributed by atoms with van der Waals surface area (Å²) in [5.74, 6) is 0. The highest BCUT2D eigenvalue weighted by Gasteiger charge is 1.95. The zero-order valence-electron chi connectivity index (χ0n) is 13.5. The third-order valence-corrected chi connectivity index (χ3v) is 3.76. The fraction of sp³-hybridized carbons (Fsp3) is 1.00. The van der Waals surface area contributed by atoms with Gasteiger partial charge in [0, 0.05) is 6.04 Å². The quantitative estimate of drug-likeness (QED) is 0.365. The minimum Gasteiger partial charge on any atom is -0.328 e. The molecule has 0 spiro atoms. The van der Waals surface area contributed by atoms with Crippen molar-refractivity contribution in [1.29, 1.82) is 0 Å². The Morgan fingerprint density at radius 1 is 0.632 bits per heavy atom. The van der Waals surface area contributed by atoms with Crippen LogP contribution in [0, 0.1) is 0 Å². The molecule has 0 aromatic rings. The lowest BCUT2D eigenvalue weighted by atomic mass is 10.0. The molecular weight excluding hydrogens is 298 g/mol. The predicted octanol–water partition coefficient (Wildman–Crippen LogP) is 6.39. The van der Waals surface area contributed by atoms with Gasteiger partial charge < -0.3 is 5.73 Å². The molecule has 0 rings (SSSR count). The number of rotatable bonds is 14. The van der Waals surface area contributed by atoms with Gasteiger partial charge in [0.25, 0.3) is 0 Å². The maximum Gasteiger partial charge on any atom is 0.00104 e. The highest BCUT2D eigenvalue weighted by atomic mass is 79.9. The first kappa shape index (κ1) is 21.7. The van der Waals surface area contributed by atoms with E-state index in [4.69, 9.17) is 5.73 Å². The van der Waals surface area contributed by atoms with E-state index in [0.717, 1.165) is 0 Å². The van der Waals surface area contributed by atoms with Crippen LogP contribution in [-0.2, 0) is 0 Å². The van der Waals surface area contributed by atoms with Crippen molar-refractivity contribution < 1.29 is 0 Å². The first-order valence-electron chi connectivity index (χ1n) is 8.53. The Labute approximate surface area is 132 Å². The van der Waals surface area contributed by atoms with E-state index in [0.29, 0.717) is 6.04 Å². The van der Waals surface area contributed by atoms with Crippen LogP contribution in [0.4, 0.5) is 0 Å². The second-order valence-corrected chi connectivity index (χ2v) is 6.01. The third kappa shape index (κ3) is 20.9. The van der Waals surface area contributed by atoms with Crippen molar-refractivity contribution in [2.45, 2.75) is 110 Å². The number of hydrogen-bond donors (Lipinski definition) is 1. The average molecular weight is 336 g/mol. The van der Waals surface area contributed by atoms with Crippen LogP contribution in [0.3, 0.4) is 0 Å². The molecule has 0 aliphatic carbocycles. The molecule has 2 N–H and O–H groups in total. The molecule has 0 amide bonds. The lowest BCUT2D eigenvalue weighted by Crippen LogP contribution is -2.13. The van der Waals surface area contributed by atoms with Crippen LogP contribution in [0.5, 0.6) is 0 Å². The number of unbranched alkanes of at least 4 members (excludes halogenated alkanes) is 12. The first-order valence-corrected chi connectivity index (χ1v) is 8.53. The lowest BCUT2D eigenvalue weighted by molar-refractivity contribution is 0.525. The molecule has 0 saturated heterocycles. The summed E-state index contributed by atoms with van der Waals surface area (Å²) in [6.07, 6.45) is 19.8. The monoisotopic (exact) mass is 335 g/mol. The smallest absolute Gasteiger partial charge is 0.00104 e. The summed E-state index contributed by atoms with van der Waals surface area (Å²) in [5, 5.41) is 0. The second-order valence-electron chi connectivity index (χ2n) is 6.01. The maximum absolute atomic E-state index is 5.73. The highest BCUT2D eigenvalue weighted by molar-refractivity contribution is 8.93. The fourth-order valence-corrected chi connectivity index (χ4v) is 2.48. The van der Waals surface area contributed by atoms with E-state index in [1.54, 1.807) is 0 Å². The molecule has 2 heteroatoms. The van der Waals surface area contributed by atoms with Crippen LogP contribution in [0.25, 0.3) is 0 Å². The van der Waals surface area contributed by atoms with Crippen molar-refractivity contribution >= 4 is 17.0 Å². The van der Waals surface area contributed by atoms with Gasteiger partial charge in [-0.2, -0.15) is 0 Å². The summed E-state index contributed by atoms with van der Waals surface area (Å²) in [6, 6.07) is 0.401. The fourth-order valence-electron chi connectivity index (χ4n) is 2.48. The normalized spacial score (nSPS) is 12.2. The van der Waals surface area contributed by atoms with Gasteiger partial charge in [-0.05, 0) is 13.3 Å². The molecule has 19 heavy (non-hydrogen) atoms. The Kier molecular flexibility index (Phi) is 21.1. The third-order valence-electron chi connectivity index (χ3n) is 3.76. The van der Waals surface area contributed by atoms with Crippen LogP contribution < -0.4 is 5.73 Å². The minimum absolute atomic E-state index is 0. The zero-order valence-corrected chi connectivity index (χ0v) is 15.2. The van der Waals surface area contributed by atoms with Crippen LogP contribution in [-0.4, -0.2) is 6.04 Å². The number of hydrogen-bond acceptors (Lipinski definition) is 1. The van der Waals surface area contributed by atoms with E-state index in [9.17, 15) is 0 Å². The molecule has 0 saturated carbocycles. The van der Waals surface area contributed by atoms with Gasteiger partial charge in [0.15, 0.2) is 0 Å². The molecule has 0 aromatic carbocycles. The van der Waals surface area contributed by atoms with Gasteiger partial charge in [-0.3, -0.25) is 0 Å². The SMILES string of the molecule is Br.CCCCCCCCCCCCCCCC(C)N. The van der Waals surface area contributed by atoms with Gasteiger partial charge in [-0.1, -0.05) is 90.4 Å². The second kappa shape index (κ2) is 18.4. The van der Waals surface area contributed by atoms with Crippen molar-refractivity contribution in [3.05, 3.63) is 0 Å². The van der Waals surface area contributed by atoms with E-state index < -0.39 is 0 Å². The van der Waals surface area contributed by atoms with Gasteiger partial charge in [-0.15, -0.1) is 17.0 Å². The standard InChI is InChI=1S/C17H37N.BrH/c1-3-4-5-6-7-8-9-10-11-12-13-14-15-16-17(2)18;/h17H,3-16,18H2,1-2H3;1H. The number of nitrogens with two attached hydrogens (primary N) is 1. The number of halogens is 1. The highest BCUT2D eigenvalue weighted by Crippen LogP contribution is 2.13. The minimum atomic E-state index is 0. The molecule has 0 aliphatic heterocycles. The van der Waals surface area contributed by atoms with Crippen LogP contribution in [0.15, 0.2) is 0 Å². The Hall–Kier alpha value is 0.440. The van der Waals surface area contributed by atoms with Gasteiger partial charge in [0.2, 0.25) is 0 Å². The molecule has 1 atom stereocenters. The van der Waals surface area contributed by atoms with Crippen LogP contribution >= 0.6 is 17.0 Å². The summed E-state index contributed by atoms with van der Waals surface area (Å²) >= 11 is 0. The Bertz CT molecular complexity index is 148. The Balaban J connectivity index is 0. The largest absolute Gasteiger partial charge is 0.328 e. The Morgan fingerprint density at radius 2 is 0.947 bits per heavy atom. The summed E-state index contributed by atoms with van der Waals surface area (Å²) in [6.45, 7) is 4.40. The molecule has 0 aromatic heterocycles. The van der Waals surface area contributed by atoms with E-state index in [-0.39, 0.29) is 17.0 Å². The van der Waals surface area contributed by atoms with Gasteiger partial charge in [-0.25, -0.2) is 0 Å². The van der Waals surface area contributed by atoms with Gasteiger partial charge in [0.05, 0.1) is 0 Å².